The van der Waals surface area contributed by atoms with E-state index in [1.807, 2.05) is 0 Å². The summed E-state index contributed by atoms with van der Waals surface area (Å²) in [6.45, 7) is 11.0. The molecule has 0 heterocycles. The Bertz CT molecular complexity index is 668. The smallest absolute Gasteiger partial charge is 0.00254 e. The van der Waals surface area contributed by atoms with Crippen LogP contribution in [0.15, 0.2) is 43.0 Å². The van der Waals surface area contributed by atoms with Gasteiger partial charge in [-0.2, -0.15) is 0 Å². The average Bonchev–Trinajstić information content (AvgIpc) is 2.49. The molecule has 1 atom stereocenters. The van der Waals surface area contributed by atoms with Crippen molar-refractivity contribution < 1.29 is 0 Å². The van der Waals surface area contributed by atoms with Crippen LogP contribution in [0.4, 0.5) is 0 Å². The van der Waals surface area contributed by atoms with Crippen LogP contribution in [0.5, 0.6) is 0 Å². The Morgan fingerprint density at radius 3 is 2.55 bits per heavy atom. The summed E-state index contributed by atoms with van der Waals surface area (Å²) in [5.74, 6) is 0. The van der Waals surface area contributed by atoms with Gasteiger partial charge in [0.25, 0.3) is 0 Å². The fraction of sp³-hybridized carbons (Fsp3) is 0.333. The molecule has 0 aliphatic carbocycles. The molecule has 0 saturated carbocycles. The SMILES string of the molecule is C=C(Cc1ccc(C)c(P)c1)c1cccc(C)c1CCCC. The van der Waals surface area contributed by atoms with Crippen LogP contribution >= 0.6 is 9.24 Å². The van der Waals surface area contributed by atoms with Crippen molar-refractivity contribution in [3.63, 3.8) is 0 Å². The first kappa shape index (κ1) is 17.0. The molecule has 0 bridgehead atoms. The van der Waals surface area contributed by atoms with Gasteiger partial charge in [0.05, 0.1) is 0 Å². The molecular weight excluding hydrogens is 283 g/mol. The molecule has 0 amide bonds. The lowest BCUT2D eigenvalue weighted by Crippen LogP contribution is -2.02. The highest BCUT2D eigenvalue weighted by atomic mass is 31.0. The maximum Gasteiger partial charge on any atom is -0.00254 e. The third kappa shape index (κ3) is 4.08. The predicted molar refractivity (Wildman–Crippen MR) is 103 cm³/mol. The molecule has 2 aromatic carbocycles. The summed E-state index contributed by atoms with van der Waals surface area (Å²) in [7, 11) is 2.82. The molecule has 1 unspecified atom stereocenters. The van der Waals surface area contributed by atoms with Gasteiger partial charge < -0.3 is 0 Å². The molecule has 0 nitrogen and oxygen atoms in total. The lowest BCUT2D eigenvalue weighted by Gasteiger charge is -2.15. The van der Waals surface area contributed by atoms with E-state index in [1.165, 1.54) is 51.5 Å². The Balaban J connectivity index is 2.25. The molecule has 2 rings (SSSR count). The zero-order valence-corrected chi connectivity index (χ0v) is 15.2. The van der Waals surface area contributed by atoms with Gasteiger partial charge in [0.15, 0.2) is 0 Å². The van der Waals surface area contributed by atoms with Crippen molar-refractivity contribution >= 4 is 20.1 Å². The van der Waals surface area contributed by atoms with Gasteiger partial charge in [0.1, 0.15) is 0 Å². The molecule has 0 fully saturated rings. The van der Waals surface area contributed by atoms with E-state index in [4.69, 9.17) is 0 Å². The number of aryl methyl sites for hydroxylation is 2. The Kier molecular flexibility index (Phi) is 5.98. The van der Waals surface area contributed by atoms with Crippen LogP contribution in [0.1, 0.15) is 47.6 Å². The monoisotopic (exact) mass is 310 g/mol. The first-order valence-corrected chi connectivity index (χ1v) is 8.72. The van der Waals surface area contributed by atoms with Crippen molar-refractivity contribution in [1.82, 2.24) is 0 Å². The lowest BCUT2D eigenvalue weighted by atomic mass is 9.90. The summed E-state index contributed by atoms with van der Waals surface area (Å²) < 4.78 is 0. The van der Waals surface area contributed by atoms with Crippen LogP contribution < -0.4 is 5.30 Å². The Hall–Kier alpha value is -1.39. The summed E-state index contributed by atoms with van der Waals surface area (Å²) in [6.07, 6.45) is 4.55. The maximum absolute atomic E-state index is 4.38. The van der Waals surface area contributed by atoms with Gasteiger partial charge in [0, 0.05) is 0 Å². The van der Waals surface area contributed by atoms with Crippen molar-refractivity contribution in [2.45, 2.75) is 46.5 Å². The van der Waals surface area contributed by atoms with E-state index < -0.39 is 0 Å². The van der Waals surface area contributed by atoms with Crippen LogP contribution in [0.2, 0.25) is 0 Å². The Morgan fingerprint density at radius 1 is 1.09 bits per heavy atom. The van der Waals surface area contributed by atoms with Crippen LogP contribution in [0.25, 0.3) is 5.57 Å². The van der Waals surface area contributed by atoms with Gasteiger partial charge in [-0.25, -0.2) is 0 Å². The fourth-order valence-electron chi connectivity index (χ4n) is 2.86. The van der Waals surface area contributed by atoms with E-state index in [0.717, 1.165) is 12.8 Å². The zero-order valence-electron chi connectivity index (χ0n) is 14.1. The molecule has 0 aromatic heterocycles. The normalized spacial score (nSPS) is 10.7. The summed E-state index contributed by atoms with van der Waals surface area (Å²) >= 11 is 0. The first-order valence-electron chi connectivity index (χ1n) is 8.14. The molecule has 2 aromatic rings. The minimum Gasteiger partial charge on any atom is -0.105 e. The minimum atomic E-state index is 0.921. The van der Waals surface area contributed by atoms with Crippen molar-refractivity contribution in [3.8, 4) is 0 Å². The van der Waals surface area contributed by atoms with E-state index in [-0.39, 0.29) is 0 Å². The Labute approximate surface area is 137 Å². The van der Waals surface area contributed by atoms with Crippen LogP contribution in [-0.2, 0) is 12.8 Å². The quantitative estimate of drug-likeness (QED) is 0.626. The van der Waals surface area contributed by atoms with Crippen LogP contribution in [0.3, 0.4) is 0 Å². The van der Waals surface area contributed by atoms with Gasteiger partial charge >= 0.3 is 0 Å². The molecule has 0 saturated heterocycles. The van der Waals surface area contributed by atoms with E-state index >= 15 is 0 Å². The number of allylic oxidation sites excluding steroid dienone is 1. The third-order valence-electron chi connectivity index (χ3n) is 4.33. The Morgan fingerprint density at radius 2 is 1.86 bits per heavy atom. The topological polar surface area (TPSA) is 0 Å². The molecule has 22 heavy (non-hydrogen) atoms. The summed E-state index contributed by atoms with van der Waals surface area (Å²) in [5.41, 5.74) is 8.10. The van der Waals surface area contributed by atoms with E-state index in [2.05, 4.69) is 73.0 Å². The molecule has 0 aliphatic heterocycles. The van der Waals surface area contributed by atoms with Crippen molar-refractivity contribution in [2.24, 2.45) is 0 Å². The summed E-state index contributed by atoms with van der Waals surface area (Å²) in [4.78, 5) is 0. The highest BCUT2D eigenvalue weighted by Gasteiger charge is 2.09. The highest BCUT2D eigenvalue weighted by Crippen LogP contribution is 2.26. The molecule has 0 radical (unpaired) electrons. The van der Waals surface area contributed by atoms with Crippen LogP contribution in [0, 0.1) is 13.8 Å². The van der Waals surface area contributed by atoms with Crippen molar-refractivity contribution in [1.29, 1.82) is 0 Å². The standard InChI is InChI=1S/C21H27P/c1-5-6-9-19-15(2)8-7-10-20(19)17(4)13-18-12-11-16(3)21(22)14-18/h7-8,10-12,14H,4-6,9,13,22H2,1-3H3. The summed E-state index contributed by atoms with van der Waals surface area (Å²) in [6, 6.07) is 13.3. The van der Waals surface area contributed by atoms with Crippen molar-refractivity contribution in [2.75, 3.05) is 0 Å². The predicted octanol–water partition coefficient (Wildman–Crippen LogP) is 5.40. The van der Waals surface area contributed by atoms with Gasteiger partial charge in [-0.1, -0.05) is 56.3 Å². The lowest BCUT2D eigenvalue weighted by molar-refractivity contribution is 0.789. The highest BCUT2D eigenvalue weighted by molar-refractivity contribution is 7.27. The molecule has 0 spiro atoms. The first-order chi connectivity index (χ1) is 10.5. The molecular formula is C21H27P. The van der Waals surface area contributed by atoms with E-state index in [1.54, 1.807) is 0 Å². The van der Waals surface area contributed by atoms with E-state index in [9.17, 15) is 0 Å². The van der Waals surface area contributed by atoms with E-state index in [0.29, 0.717) is 0 Å². The third-order valence-corrected chi connectivity index (χ3v) is 4.95. The van der Waals surface area contributed by atoms with Gasteiger partial charge in [-0.3, -0.25) is 0 Å². The average molecular weight is 310 g/mol. The molecule has 0 aliphatic rings. The number of hydrogen-bond donors (Lipinski definition) is 0. The minimum absolute atomic E-state index is 0.921. The molecule has 116 valence electrons. The summed E-state index contributed by atoms with van der Waals surface area (Å²) in [5, 5.41) is 1.28. The second kappa shape index (κ2) is 7.75. The number of hydrogen-bond acceptors (Lipinski definition) is 0. The largest absolute Gasteiger partial charge is 0.105 e. The molecule has 1 heteroatoms. The van der Waals surface area contributed by atoms with Gasteiger partial charge in [-0.05, 0) is 71.8 Å². The van der Waals surface area contributed by atoms with Gasteiger partial charge in [0.2, 0.25) is 0 Å². The number of benzene rings is 2. The second-order valence-electron chi connectivity index (χ2n) is 6.18. The van der Waals surface area contributed by atoms with Crippen LogP contribution in [-0.4, -0.2) is 0 Å². The molecule has 0 N–H and O–H groups in total. The van der Waals surface area contributed by atoms with Gasteiger partial charge in [-0.15, -0.1) is 9.24 Å². The maximum atomic E-state index is 4.38. The second-order valence-corrected chi connectivity index (χ2v) is 6.80. The number of unbranched alkanes of at least 4 members (excludes halogenated alkanes) is 1. The fourth-order valence-corrected chi connectivity index (χ4v) is 3.17. The van der Waals surface area contributed by atoms with Crippen molar-refractivity contribution in [3.05, 3.63) is 70.8 Å². The number of rotatable bonds is 6. The zero-order chi connectivity index (χ0) is 16.1.